The standard InChI is InChI=1S/C33H43FN6O5/c1-5-40(20(2)3)33(43)25-16-22(34)8-11-26(25)45-27-17-35-19-36-32(27)38-24-12-14-39(15-13-24)18-21-6-9-23(10-7-21)37-28-29(41)30(42)31(28)44-4/h8,11,16-17,19-21,23-24,37H,5-7,9-10,12-15,18H2,1-4H3,(H,35,36,38)/t21-,23-. The maximum atomic E-state index is 14.2. The average Bonchev–Trinajstić information content (AvgIpc) is 3.04. The van der Waals surface area contributed by atoms with E-state index in [1.165, 1.54) is 31.6 Å². The number of hydrogen-bond acceptors (Lipinski definition) is 10. The van der Waals surface area contributed by atoms with Gasteiger partial charge in [0.15, 0.2) is 17.3 Å². The van der Waals surface area contributed by atoms with E-state index in [1.54, 1.807) is 11.1 Å². The third-order valence-corrected chi connectivity index (χ3v) is 9.01. The van der Waals surface area contributed by atoms with Crippen LogP contribution in [-0.2, 0) is 0 Å². The summed E-state index contributed by atoms with van der Waals surface area (Å²) in [6.45, 7) is 9.17. The molecule has 12 heteroatoms. The van der Waals surface area contributed by atoms with Crippen molar-refractivity contribution in [3.63, 3.8) is 0 Å². The van der Waals surface area contributed by atoms with Crippen LogP contribution in [0, 0.1) is 11.7 Å². The molecule has 0 radical (unpaired) electrons. The fourth-order valence-corrected chi connectivity index (χ4v) is 6.48. The van der Waals surface area contributed by atoms with Gasteiger partial charge in [-0.15, -0.1) is 0 Å². The van der Waals surface area contributed by atoms with Gasteiger partial charge in [-0.3, -0.25) is 14.4 Å². The van der Waals surface area contributed by atoms with Crippen LogP contribution >= 0.6 is 0 Å². The molecular weight excluding hydrogens is 579 g/mol. The molecule has 2 N–H and O–H groups in total. The largest absolute Gasteiger partial charge is 0.491 e. The lowest BCUT2D eigenvalue weighted by Gasteiger charge is -2.37. The SMILES string of the molecule is CCN(C(=O)c1cc(F)ccc1Oc1cncnc1NC1CCN(C[C@H]2CC[C@H](Nc3c(OC)c(=O)c3=O)CC2)CC1)C(C)C. The summed E-state index contributed by atoms with van der Waals surface area (Å²) in [4.78, 5) is 49.5. The molecule has 3 aromatic rings. The van der Waals surface area contributed by atoms with Crippen LogP contribution < -0.4 is 31.0 Å². The summed E-state index contributed by atoms with van der Waals surface area (Å²) < 4.78 is 25.4. The Morgan fingerprint density at radius 3 is 2.42 bits per heavy atom. The fraction of sp³-hybridized carbons (Fsp3) is 0.545. The van der Waals surface area contributed by atoms with Gasteiger partial charge in [0.2, 0.25) is 0 Å². The second-order valence-corrected chi connectivity index (χ2v) is 12.3. The summed E-state index contributed by atoms with van der Waals surface area (Å²) in [7, 11) is 1.42. The number of amides is 1. The molecule has 242 valence electrons. The van der Waals surface area contributed by atoms with Gasteiger partial charge in [-0.25, -0.2) is 14.4 Å². The number of nitrogens with zero attached hydrogens (tertiary/aromatic N) is 4. The van der Waals surface area contributed by atoms with Gasteiger partial charge >= 0.3 is 0 Å². The van der Waals surface area contributed by atoms with Crippen molar-refractivity contribution < 1.29 is 18.7 Å². The molecule has 1 aliphatic heterocycles. The Bertz CT molecular complexity index is 1540. The van der Waals surface area contributed by atoms with Crippen LogP contribution in [-0.4, -0.2) is 77.1 Å². The van der Waals surface area contributed by atoms with Crippen molar-refractivity contribution in [3.05, 3.63) is 62.6 Å². The van der Waals surface area contributed by atoms with Crippen LogP contribution in [0.4, 0.5) is 15.9 Å². The van der Waals surface area contributed by atoms with Crippen molar-refractivity contribution in [2.24, 2.45) is 5.92 Å². The number of benzene rings is 1. The normalized spacial score (nSPS) is 19.4. The number of carbonyl (C=O) groups is 1. The van der Waals surface area contributed by atoms with E-state index in [4.69, 9.17) is 9.47 Å². The maximum Gasteiger partial charge on any atom is 0.271 e. The van der Waals surface area contributed by atoms with Gasteiger partial charge in [0.1, 0.15) is 23.6 Å². The van der Waals surface area contributed by atoms with Crippen LogP contribution in [0.25, 0.3) is 0 Å². The molecular formula is C33H43FN6O5. The average molecular weight is 623 g/mol. The van der Waals surface area contributed by atoms with Crippen molar-refractivity contribution in [2.75, 3.05) is 43.9 Å². The summed E-state index contributed by atoms with van der Waals surface area (Å²) in [5.74, 6) is 1.10. The third kappa shape index (κ3) is 7.43. The first-order chi connectivity index (χ1) is 21.7. The molecule has 1 amide bonds. The van der Waals surface area contributed by atoms with E-state index in [9.17, 15) is 18.8 Å². The van der Waals surface area contributed by atoms with Gasteiger partial charge in [0.05, 0.1) is 18.9 Å². The van der Waals surface area contributed by atoms with Gasteiger partial charge in [-0.05, 0) is 83.4 Å². The number of ether oxygens (including phenoxy) is 2. The zero-order valence-corrected chi connectivity index (χ0v) is 26.5. The van der Waals surface area contributed by atoms with E-state index < -0.39 is 16.7 Å². The van der Waals surface area contributed by atoms with Crippen molar-refractivity contribution in [3.8, 4) is 17.2 Å². The number of likely N-dealkylation sites (tertiary alicyclic amines) is 1. The lowest BCUT2D eigenvalue weighted by molar-refractivity contribution is 0.0713. The van der Waals surface area contributed by atoms with E-state index in [1.807, 2.05) is 20.8 Å². The molecule has 1 saturated heterocycles. The molecule has 0 bridgehead atoms. The van der Waals surface area contributed by atoms with Gasteiger partial charge in [0.25, 0.3) is 16.8 Å². The van der Waals surface area contributed by atoms with E-state index in [0.29, 0.717) is 29.7 Å². The summed E-state index contributed by atoms with van der Waals surface area (Å²) in [6.07, 6.45) is 8.92. The number of piperidine rings is 1. The van der Waals surface area contributed by atoms with Crippen molar-refractivity contribution in [1.82, 2.24) is 19.8 Å². The monoisotopic (exact) mass is 622 g/mol. The summed E-state index contributed by atoms with van der Waals surface area (Å²) >= 11 is 0. The molecule has 2 aliphatic rings. The fourth-order valence-electron chi connectivity index (χ4n) is 6.48. The minimum Gasteiger partial charge on any atom is -0.491 e. The predicted octanol–water partition coefficient (Wildman–Crippen LogP) is 4.43. The van der Waals surface area contributed by atoms with Crippen LogP contribution in [0.15, 0.2) is 40.3 Å². The molecule has 11 nitrogen and oxygen atoms in total. The zero-order valence-electron chi connectivity index (χ0n) is 26.5. The highest BCUT2D eigenvalue weighted by Gasteiger charge is 2.29. The maximum absolute atomic E-state index is 14.2. The first-order valence-corrected chi connectivity index (χ1v) is 15.9. The smallest absolute Gasteiger partial charge is 0.271 e. The van der Waals surface area contributed by atoms with Gasteiger partial charge < -0.3 is 29.9 Å². The quantitative estimate of drug-likeness (QED) is 0.280. The van der Waals surface area contributed by atoms with E-state index in [0.717, 1.165) is 58.2 Å². The number of hydrogen-bond donors (Lipinski definition) is 2. The second-order valence-electron chi connectivity index (χ2n) is 12.3. The van der Waals surface area contributed by atoms with Crippen LogP contribution in [0.1, 0.15) is 69.7 Å². The molecule has 1 aliphatic carbocycles. The van der Waals surface area contributed by atoms with Crippen molar-refractivity contribution in [2.45, 2.75) is 77.4 Å². The molecule has 0 spiro atoms. The predicted molar refractivity (Wildman–Crippen MR) is 171 cm³/mol. The van der Waals surface area contributed by atoms with Gasteiger partial charge in [-0.2, -0.15) is 0 Å². The lowest BCUT2D eigenvalue weighted by atomic mass is 9.85. The van der Waals surface area contributed by atoms with Gasteiger partial charge in [-0.1, -0.05) is 0 Å². The van der Waals surface area contributed by atoms with E-state index in [2.05, 4.69) is 25.5 Å². The molecule has 2 aromatic carbocycles. The highest BCUT2D eigenvalue weighted by atomic mass is 19.1. The molecule has 0 atom stereocenters. The Morgan fingerprint density at radius 1 is 1.04 bits per heavy atom. The number of rotatable bonds is 12. The van der Waals surface area contributed by atoms with E-state index >= 15 is 0 Å². The first kappa shape index (κ1) is 32.3. The number of carbonyl (C=O) groups excluding carboxylic acids is 1. The minimum atomic E-state index is -0.547. The summed E-state index contributed by atoms with van der Waals surface area (Å²) in [5, 5.41) is 6.75. The number of methoxy groups -OCH3 is 1. The molecule has 1 aromatic heterocycles. The number of nitrogens with one attached hydrogen (secondary N) is 2. The molecule has 45 heavy (non-hydrogen) atoms. The molecule has 5 rings (SSSR count). The van der Waals surface area contributed by atoms with Crippen molar-refractivity contribution >= 4 is 17.4 Å². The number of anilines is 2. The minimum absolute atomic E-state index is 0.0479. The topological polar surface area (TPSA) is 126 Å². The Labute approximate surface area is 262 Å². The summed E-state index contributed by atoms with van der Waals surface area (Å²) in [5.41, 5.74) is -0.541. The third-order valence-electron chi connectivity index (χ3n) is 9.01. The Balaban J connectivity index is 1.13. The van der Waals surface area contributed by atoms with Crippen molar-refractivity contribution in [1.29, 1.82) is 0 Å². The molecule has 2 heterocycles. The zero-order chi connectivity index (χ0) is 32.1. The lowest BCUT2D eigenvalue weighted by Crippen LogP contribution is -2.43. The summed E-state index contributed by atoms with van der Waals surface area (Å²) in [6, 6.07) is 4.28. The highest BCUT2D eigenvalue weighted by molar-refractivity contribution is 5.97. The van der Waals surface area contributed by atoms with Crippen LogP contribution in [0.2, 0.25) is 0 Å². The first-order valence-electron chi connectivity index (χ1n) is 15.9. The Hall–Kier alpha value is -4.06. The molecule has 1 saturated carbocycles. The Kier molecular flexibility index (Phi) is 10.3. The number of halogens is 1. The second kappa shape index (κ2) is 14.4. The Morgan fingerprint density at radius 2 is 1.76 bits per heavy atom. The molecule has 2 fully saturated rings. The number of aromatic nitrogens is 2. The van der Waals surface area contributed by atoms with Crippen LogP contribution in [0.5, 0.6) is 17.2 Å². The molecule has 0 unspecified atom stereocenters. The van der Waals surface area contributed by atoms with E-state index in [-0.39, 0.29) is 41.1 Å². The highest BCUT2D eigenvalue weighted by Crippen LogP contribution is 2.33. The van der Waals surface area contributed by atoms with Gasteiger partial charge in [0, 0.05) is 44.3 Å². The van der Waals surface area contributed by atoms with Crippen LogP contribution in [0.3, 0.4) is 0 Å².